The van der Waals surface area contributed by atoms with Crippen LogP contribution >= 0.6 is 11.6 Å². The van der Waals surface area contributed by atoms with Gasteiger partial charge in [-0.25, -0.2) is 4.98 Å². The molecular weight excluding hydrogens is 262 g/mol. The normalized spacial score (nSPS) is 9.68. The third kappa shape index (κ3) is 3.30. The van der Waals surface area contributed by atoms with E-state index in [9.17, 15) is 4.79 Å². The minimum atomic E-state index is -0.323. The molecule has 0 saturated carbocycles. The molecule has 0 radical (unpaired) electrons. The number of pyridine rings is 1. The second kappa shape index (κ2) is 5.98. The zero-order chi connectivity index (χ0) is 13.7. The minimum absolute atomic E-state index is 0.260. The van der Waals surface area contributed by atoms with Crippen LogP contribution < -0.4 is 5.32 Å². The molecule has 94 valence electrons. The lowest BCUT2D eigenvalue weighted by molar-refractivity contribution is 0.102. The molecule has 0 aliphatic heterocycles. The molecule has 1 aromatic carbocycles. The summed E-state index contributed by atoms with van der Waals surface area (Å²) in [5.74, 6) is 0.0648. The van der Waals surface area contributed by atoms with Gasteiger partial charge in [0.2, 0.25) is 0 Å². The van der Waals surface area contributed by atoms with E-state index < -0.39 is 0 Å². The first-order chi connectivity index (χ1) is 9.22. The zero-order valence-electron chi connectivity index (χ0n) is 9.93. The average molecular weight is 272 g/mol. The summed E-state index contributed by atoms with van der Waals surface area (Å²) in [6, 6.07) is 12.3. The number of alkyl halides is 1. The molecule has 0 unspecified atom stereocenters. The lowest BCUT2D eigenvalue weighted by Gasteiger charge is -2.05. The first kappa shape index (κ1) is 13.1. The van der Waals surface area contributed by atoms with Gasteiger partial charge in [0.1, 0.15) is 11.8 Å². The first-order valence-electron chi connectivity index (χ1n) is 5.55. The molecule has 1 amide bonds. The van der Waals surface area contributed by atoms with Crippen LogP contribution in [0.1, 0.15) is 21.6 Å². The molecule has 5 heteroatoms. The summed E-state index contributed by atoms with van der Waals surface area (Å²) >= 11 is 5.73. The Morgan fingerprint density at radius 1 is 1.37 bits per heavy atom. The summed E-state index contributed by atoms with van der Waals surface area (Å²) in [7, 11) is 0. The lowest BCUT2D eigenvalue weighted by Crippen LogP contribution is -2.13. The van der Waals surface area contributed by atoms with Crippen LogP contribution in [0.15, 0.2) is 42.6 Å². The summed E-state index contributed by atoms with van der Waals surface area (Å²) in [6.07, 6.45) is 1.37. The Balaban J connectivity index is 2.13. The molecule has 1 heterocycles. The predicted octanol–water partition coefficient (Wildman–Crippen LogP) is 2.94. The maximum Gasteiger partial charge on any atom is 0.274 e. The molecule has 1 aromatic heterocycles. The van der Waals surface area contributed by atoms with Crippen molar-refractivity contribution in [3.8, 4) is 6.07 Å². The van der Waals surface area contributed by atoms with Crippen molar-refractivity contribution in [1.29, 1.82) is 5.26 Å². The number of hydrogen-bond donors (Lipinski definition) is 1. The quantitative estimate of drug-likeness (QED) is 0.873. The Bertz CT molecular complexity index is 632. The number of aromatic nitrogens is 1. The molecule has 4 nitrogen and oxygen atoms in total. The number of rotatable bonds is 3. The maximum atomic E-state index is 11.9. The van der Waals surface area contributed by atoms with Gasteiger partial charge in [-0.05, 0) is 29.8 Å². The van der Waals surface area contributed by atoms with Crippen molar-refractivity contribution < 1.29 is 4.79 Å². The van der Waals surface area contributed by atoms with Crippen molar-refractivity contribution in [3.63, 3.8) is 0 Å². The van der Waals surface area contributed by atoms with E-state index in [-0.39, 0.29) is 11.6 Å². The van der Waals surface area contributed by atoms with Crippen molar-refractivity contribution in [3.05, 3.63) is 59.4 Å². The van der Waals surface area contributed by atoms with Gasteiger partial charge in [-0.1, -0.05) is 12.1 Å². The Hall–Kier alpha value is -2.38. The van der Waals surface area contributed by atoms with Crippen molar-refractivity contribution in [2.45, 2.75) is 5.88 Å². The number of anilines is 1. The fourth-order valence-corrected chi connectivity index (χ4v) is 1.69. The van der Waals surface area contributed by atoms with Crippen LogP contribution in [-0.2, 0) is 5.88 Å². The molecule has 0 saturated heterocycles. The van der Waals surface area contributed by atoms with E-state index in [0.29, 0.717) is 17.1 Å². The van der Waals surface area contributed by atoms with Gasteiger partial charge in [-0.2, -0.15) is 5.26 Å². The Kier molecular flexibility index (Phi) is 4.11. The average Bonchev–Trinajstić information content (AvgIpc) is 2.47. The molecule has 19 heavy (non-hydrogen) atoms. The number of hydrogen-bond acceptors (Lipinski definition) is 3. The highest BCUT2D eigenvalue weighted by atomic mass is 35.5. The number of amides is 1. The molecule has 0 spiro atoms. The lowest BCUT2D eigenvalue weighted by atomic mass is 10.2. The fourth-order valence-electron chi connectivity index (χ4n) is 1.52. The second-order valence-electron chi connectivity index (χ2n) is 3.83. The van der Waals surface area contributed by atoms with Crippen LogP contribution in [0.4, 0.5) is 5.69 Å². The summed E-state index contributed by atoms with van der Waals surface area (Å²) in [5, 5.41) is 11.4. The fraction of sp³-hybridized carbons (Fsp3) is 0.0714. The monoisotopic (exact) mass is 271 g/mol. The number of carbonyl (C=O) groups is 1. The Morgan fingerprint density at radius 3 is 2.84 bits per heavy atom. The SMILES string of the molecule is N#Cc1ccc(C(=O)Nc2cccc(CCl)c2)nc1. The van der Waals surface area contributed by atoms with E-state index >= 15 is 0 Å². The zero-order valence-corrected chi connectivity index (χ0v) is 10.7. The molecular formula is C14H10ClN3O. The van der Waals surface area contributed by atoms with E-state index in [1.807, 2.05) is 18.2 Å². The molecule has 2 aromatic rings. The van der Waals surface area contributed by atoms with Crippen LogP contribution in [0.5, 0.6) is 0 Å². The van der Waals surface area contributed by atoms with Gasteiger partial charge in [-0.3, -0.25) is 4.79 Å². The largest absolute Gasteiger partial charge is 0.321 e. The second-order valence-corrected chi connectivity index (χ2v) is 4.10. The first-order valence-corrected chi connectivity index (χ1v) is 6.09. The highest BCUT2D eigenvalue weighted by Crippen LogP contribution is 2.13. The number of halogens is 1. The van der Waals surface area contributed by atoms with Gasteiger partial charge >= 0.3 is 0 Å². The van der Waals surface area contributed by atoms with Crippen molar-refractivity contribution >= 4 is 23.2 Å². The number of nitrogens with zero attached hydrogens (tertiary/aromatic N) is 2. The summed E-state index contributed by atoms with van der Waals surface area (Å²) in [5.41, 5.74) is 2.26. The summed E-state index contributed by atoms with van der Waals surface area (Å²) in [6.45, 7) is 0. The van der Waals surface area contributed by atoms with Gasteiger partial charge in [0.15, 0.2) is 0 Å². The number of benzene rings is 1. The van der Waals surface area contributed by atoms with Gasteiger partial charge in [0.05, 0.1) is 5.56 Å². The van der Waals surface area contributed by atoms with E-state index in [4.69, 9.17) is 16.9 Å². The molecule has 0 bridgehead atoms. The number of nitrogens with one attached hydrogen (secondary N) is 1. The molecule has 0 aliphatic rings. The molecule has 0 fully saturated rings. The highest BCUT2D eigenvalue weighted by Gasteiger charge is 2.07. The molecule has 1 N–H and O–H groups in total. The van der Waals surface area contributed by atoms with Crippen molar-refractivity contribution in [1.82, 2.24) is 4.98 Å². The van der Waals surface area contributed by atoms with Gasteiger partial charge < -0.3 is 5.32 Å². The van der Waals surface area contributed by atoms with E-state index in [1.165, 1.54) is 12.3 Å². The Morgan fingerprint density at radius 2 is 2.21 bits per heavy atom. The molecule has 0 atom stereocenters. The topological polar surface area (TPSA) is 65.8 Å². The minimum Gasteiger partial charge on any atom is -0.321 e. The van der Waals surface area contributed by atoms with E-state index in [0.717, 1.165) is 5.56 Å². The van der Waals surface area contributed by atoms with Crippen molar-refractivity contribution in [2.75, 3.05) is 5.32 Å². The summed E-state index contributed by atoms with van der Waals surface area (Å²) < 4.78 is 0. The third-order valence-corrected chi connectivity index (χ3v) is 2.77. The van der Waals surface area contributed by atoms with Gasteiger partial charge in [0.25, 0.3) is 5.91 Å². The van der Waals surface area contributed by atoms with Gasteiger partial charge in [-0.15, -0.1) is 11.6 Å². The summed E-state index contributed by atoms with van der Waals surface area (Å²) in [4.78, 5) is 15.9. The van der Waals surface area contributed by atoms with Crippen LogP contribution in [0.25, 0.3) is 0 Å². The van der Waals surface area contributed by atoms with Crippen LogP contribution in [-0.4, -0.2) is 10.9 Å². The standard InChI is InChI=1S/C14H10ClN3O/c15-7-10-2-1-3-12(6-10)18-14(19)13-5-4-11(8-16)9-17-13/h1-6,9H,7H2,(H,18,19). The smallest absolute Gasteiger partial charge is 0.274 e. The predicted molar refractivity (Wildman–Crippen MR) is 72.9 cm³/mol. The van der Waals surface area contributed by atoms with Crippen molar-refractivity contribution in [2.24, 2.45) is 0 Å². The third-order valence-electron chi connectivity index (χ3n) is 2.46. The van der Waals surface area contributed by atoms with E-state index in [2.05, 4.69) is 10.3 Å². The van der Waals surface area contributed by atoms with Gasteiger partial charge in [0, 0.05) is 17.8 Å². The van der Waals surface area contributed by atoms with Crippen LogP contribution in [0.2, 0.25) is 0 Å². The number of nitriles is 1. The van der Waals surface area contributed by atoms with E-state index in [1.54, 1.807) is 18.2 Å². The maximum absolute atomic E-state index is 11.9. The Labute approximate surface area is 115 Å². The molecule has 2 rings (SSSR count). The molecule has 0 aliphatic carbocycles. The van der Waals surface area contributed by atoms with Crippen LogP contribution in [0.3, 0.4) is 0 Å². The van der Waals surface area contributed by atoms with Crippen LogP contribution in [0, 0.1) is 11.3 Å². The highest BCUT2D eigenvalue weighted by molar-refractivity contribution is 6.17. The number of carbonyl (C=O) groups excluding carboxylic acids is 1.